The van der Waals surface area contributed by atoms with Gasteiger partial charge < -0.3 is 5.73 Å². The molecule has 0 saturated carbocycles. The van der Waals surface area contributed by atoms with Crippen LogP contribution in [0.3, 0.4) is 0 Å². The summed E-state index contributed by atoms with van der Waals surface area (Å²) < 4.78 is 13.0. The van der Waals surface area contributed by atoms with Gasteiger partial charge in [-0.2, -0.15) is 0 Å². The molecular weight excluding hydrogens is 237 g/mol. The largest absolute Gasteiger partial charge is 0.318 e. The highest BCUT2D eigenvalue weighted by Crippen LogP contribution is 2.27. The van der Waals surface area contributed by atoms with Gasteiger partial charge in [-0.1, -0.05) is 49.7 Å². The van der Waals surface area contributed by atoms with Crippen molar-refractivity contribution in [3.63, 3.8) is 0 Å². The van der Waals surface area contributed by atoms with Crippen molar-refractivity contribution >= 4 is 0 Å². The first-order chi connectivity index (χ1) is 9.04. The van der Waals surface area contributed by atoms with Crippen LogP contribution in [0, 0.1) is 5.82 Å². The lowest BCUT2D eigenvalue weighted by Crippen LogP contribution is -2.34. The molecule has 1 nitrogen and oxygen atoms in total. The fourth-order valence-electron chi connectivity index (χ4n) is 2.30. The molecule has 0 saturated heterocycles. The first-order valence-electron chi connectivity index (χ1n) is 6.68. The molecule has 2 aromatic carbocycles. The molecule has 0 heterocycles. The van der Waals surface area contributed by atoms with E-state index >= 15 is 0 Å². The van der Waals surface area contributed by atoms with E-state index in [1.54, 1.807) is 12.1 Å². The van der Waals surface area contributed by atoms with Crippen LogP contribution in [-0.2, 0) is 12.0 Å². The van der Waals surface area contributed by atoms with E-state index in [4.69, 9.17) is 5.73 Å². The maximum absolute atomic E-state index is 13.0. The van der Waals surface area contributed by atoms with Crippen LogP contribution >= 0.6 is 0 Å². The van der Waals surface area contributed by atoms with E-state index in [0.717, 1.165) is 24.0 Å². The molecule has 2 N–H and O–H groups in total. The molecule has 100 valence electrons. The first-order valence-corrected chi connectivity index (χ1v) is 6.68. The van der Waals surface area contributed by atoms with Crippen molar-refractivity contribution in [2.45, 2.75) is 32.2 Å². The second kappa shape index (κ2) is 5.54. The molecule has 2 heteroatoms. The van der Waals surface area contributed by atoms with E-state index in [2.05, 4.69) is 19.1 Å². The van der Waals surface area contributed by atoms with Crippen molar-refractivity contribution in [1.82, 2.24) is 0 Å². The lowest BCUT2D eigenvalue weighted by atomic mass is 9.84. The molecule has 0 aliphatic carbocycles. The number of halogens is 1. The Morgan fingerprint density at radius 2 is 1.74 bits per heavy atom. The minimum Gasteiger partial charge on any atom is -0.318 e. The predicted octanol–water partition coefficient (Wildman–Crippen LogP) is 4.00. The lowest BCUT2D eigenvalue weighted by molar-refractivity contribution is 0.592. The van der Waals surface area contributed by atoms with Crippen molar-refractivity contribution in [3.05, 3.63) is 71.0 Å². The monoisotopic (exact) mass is 257 g/mol. The molecule has 2 rings (SSSR count). The average Bonchev–Trinajstić information content (AvgIpc) is 2.40. The third-order valence-corrected chi connectivity index (χ3v) is 3.51. The second-order valence-electron chi connectivity index (χ2n) is 5.16. The zero-order chi connectivity index (χ0) is 13.9. The molecule has 0 amide bonds. The number of hydrogen-bond acceptors (Lipinski definition) is 1. The molecule has 0 fully saturated rings. The van der Waals surface area contributed by atoms with Gasteiger partial charge in [-0.25, -0.2) is 4.39 Å². The molecular formula is C17H20FN. The van der Waals surface area contributed by atoms with Crippen molar-refractivity contribution < 1.29 is 4.39 Å². The van der Waals surface area contributed by atoms with E-state index in [9.17, 15) is 4.39 Å². The van der Waals surface area contributed by atoms with Crippen molar-refractivity contribution in [3.8, 4) is 0 Å². The number of nitrogens with two attached hydrogens (primary N) is 1. The third-order valence-electron chi connectivity index (χ3n) is 3.51. The van der Waals surface area contributed by atoms with Crippen molar-refractivity contribution in [1.29, 1.82) is 0 Å². The van der Waals surface area contributed by atoms with Gasteiger partial charge in [-0.3, -0.25) is 0 Å². The van der Waals surface area contributed by atoms with Crippen LogP contribution in [0.25, 0.3) is 0 Å². The normalized spacial score (nSPS) is 14.1. The highest BCUT2D eigenvalue weighted by Gasteiger charge is 2.23. The van der Waals surface area contributed by atoms with E-state index in [1.807, 2.05) is 19.1 Å². The Balaban J connectivity index is 2.37. The van der Waals surface area contributed by atoms with Gasteiger partial charge in [-0.15, -0.1) is 0 Å². The van der Waals surface area contributed by atoms with Gasteiger partial charge in [0, 0.05) is 0 Å². The maximum atomic E-state index is 13.0. The summed E-state index contributed by atoms with van der Waals surface area (Å²) in [6, 6.07) is 14.7. The summed E-state index contributed by atoms with van der Waals surface area (Å²) in [7, 11) is 0. The number of hydrogen-bond donors (Lipinski definition) is 1. The van der Waals surface area contributed by atoms with Crippen LogP contribution in [0.5, 0.6) is 0 Å². The Bertz CT molecular complexity index is 543. The molecule has 0 radical (unpaired) electrons. The van der Waals surface area contributed by atoms with Crippen LogP contribution in [0.4, 0.5) is 4.39 Å². The summed E-state index contributed by atoms with van der Waals surface area (Å²) in [6.45, 7) is 4.12. The Morgan fingerprint density at radius 3 is 2.37 bits per heavy atom. The standard InChI is InChI=1S/C17H20FN/c1-3-5-13-6-4-7-15(12-13)17(2,19)14-8-10-16(18)11-9-14/h4,6-12H,3,5,19H2,1-2H3. The molecule has 19 heavy (non-hydrogen) atoms. The molecule has 0 aliphatic heterocycles. The predicted molar refractivity (Wildman–Crippen MR) is 77.5 cm³/mol. The molecule has 2 aromatic rings. The minimum absolute atomic E-state index is 0.237. The molecule has 0 aromatic heterocycles. The van der Waals surface area contributed by atoms with Crippen molar-refractivity contribution in [2.75, 3.05) is 0 Å². The number of benzene rings is 2. The van der Waals surface area contributed by atoms with Crippen molar-refractivity contribution in [2.24, 2.45) is 5.73 Å². The fourth-order valence-corrected chi connectivity index (χ4v) is 2.30. The van der Waals surface area contributed by atoms with E-state index in [0.29, 0.717) is 0 Å². The Hall–Kier alpha value is -1.67. The molecule has 0 aliphatic rings. The Kier molecular flexibility index (Phi) is 4.01. The number of aryl methyl sites for hydroxylation is 1. The van der Waals surface area contributed by atoms with E-state index in [-0.39, 0.29) is 5.82 Å². The molecule has 1 unspecified atom stereocenters. The van der Waals surface area contributed by atoms with Gasteiger partial charge in [0.05, 0.1) is 5.54 Å². The Labute approximate surface area is 114 Å². The average molecular weight is 257 g/mol. The summed E-state index contributed by atoms with van der Waals surface area (Å²) in [6.07, 6.45) is 2.16. The zero-order valence-electron chi connectivity index (χ0n) is 11.5. The van der Waals surface area contributed by atoms with Gasteiger partial charge in [0.2, 0.25) is 0 Å². The zero-order valence-corrected chi connectivity index (χ0v) is 11.5. The van der Waals surface area contributed by atoms with Crippen LogP contribution in [-0.4, -0.2) is 0 Å². The number of rotatable bonds is 4. The van der Waals surface area contributed by atoms with Crippen LogP contribution in [0.2, 0.25) is 0 Å². The van der Waals surface area contributed by atoms with E-state index < -0.39 is 5.54 Å². The summed E-state index contributed by atoms with van der Waals surface area (Å²) >= 11 is 0. The van der Waals surface area contributed by atoms with Crippen LogP contribution < -0.4 is 5.73 Å². The van der Waals surface area contributed by atoms with Gasteiger partial charge in [0.1, 0.15) is 5.82 Å². The fraction of sp³-hybridized carbons (Fsp3) is 0.294. The molecule has 0 spiro atoms. The van der Waals surface area contributed by atoms with Crippen LogP contribution in [0.1, 0.15) is 37.0 Å². The topological polar surface area (TPSA) is 26.0 Å². The summed E-state index contributed by atoms with van der Waals surface area (Å²) in [5.41, 5.74) is 9.12. The van der Waals surface area contributed by atoms with Crippen LogP contribution in [0.15, 0.2) is 48.5 Å². The second-order valence-corrected chi connectivity index (χ2v) is 5.16. The smallest absolute Gasteiger partial charge is 0.123 e. The molecule has 0 bridgehead atoms. The first kappa shape index (κ1) is 13.8. The van der Waals surface area contributed by atoms with Gasteiger partial charge in [-0.05, 0) is 42.2 Å². The highest BCUT2D eigenvalue weighted by molar-refractivity contribution is 5.38. The quantitative estimate of drug-likeness (QED) is 0.880. The summed E-state index contributed by atoms with van der Waals surface area (Å²) in [4.78, 5) is 0. The lowest BCUT2D eigenvalue weighted by Gasteiger charge is -2.26. The van der Waals surface area contributed by atoms with Gasteiger partial charge in [0.25, 0.3) is 0 Å². The molecule has 1 atom stereocenters. The van der Waals surface area contributed by atoms with Gasteiger partial charge in [0.15, 0.2) is 0 Å². The Morgan fingerprint density at radius 1 is 1.05 bits per heavy atom. The van der Waals surface area contributed by atoms with Gasteiger partial charge >= 0.3 is 0 Å². The highest BCUT2D eigenvalue weighted by atomic mass is 19.1. The summed E-state index contributed by atoms with van der Waals surface area (Å²) in [5, 5.41) is 0. The summed E-state index contributed by atoms with van der Waals surface area (Å²) in [5.74, 6) is -0.237. The minimum atomic E-state index is -0.600. The SMILES string of the molecule is CCCc1cccc(C(C)(N)c2ccc(F)cc2)c1. The van der Waals surface area contributed by atoms with E-state index in [1.165, 1.54) is 17.7 Å². The maximum Gasteiger partial charge on any atom is 0.123 e. The third kappa shape index (κ3) is 3.02.